The Bertz CT molecular complexity index is 723. The number of hydrogen-bond donors (Lipinski definition) is 2. The molecule has 0 amide bonds. The molecule has 0 aliphatic heterocycles. The van der Waals surface area contributed by atoms with Gasteiger partial charge >= 0.3 is 5.97 Å². The first-order valence-corrected chi connectivity index (χ1v) is 5.69. The number of carboxylic acids is 1. The molecule has 0 unspecified atom stereocenters. The van der Waals surface area contributed by atoms with Gasteiger partial charge < -0.3 is 10.4 Å². The third-order valence-corrected chi connectivity index (χ3v) is 2.59. The molecule has 1 aromatic heterocycles. The molecule has 5 nitrogen and oxygen atoms in total. The monoisotopic (exact) mass is 271 g/mol. The van der Waals surface area contributed by atoms with Crippen LogP contribution in [0, 0.1) is 24.1 Å². The van der Waals surface area contributed by atoms with Gasteiger partial charge in [0.2, 0.25) is 0 Å². The van der Waals surface area contributed by atoms with Crippen molar-refractivity contribution in [2.45, 2.75) is 6.92 Å². The van der Waals surface area contributed by atoms with Crippen LogP contribution < -0.4 is 5.32 Å². The van der Waals surface area contributed by atoms with E-state index in [1.807, 2.05) is 0 Å². The lowest BCUT2D eigenvalue weighted by Gasteiger charge is -2.09. The van der Waals surface area contributed by atoms with E-state index >= 15 is 0 Å². The van der Waals surface area contributed by atoms with Gasteiger partial charge in [0.15, 0.2) is 0 Å². The summed E-state index contributed by atoms with van der Waals surface area (Å²) in [5.41, 5.74) is 0.659. The van der Waals surface area contributed by atoms with E-state index in [4.69, 9.17) is 10.4 Å². The minimum absolute atomic E-state index is 0.0647. The van der Waals surface area contributed by atoms with Gasteiger partial charge in [0.05, 0.1) is 11.3 Å². The fraction of sp³-hybridized carbons (Fsp3) is 0.0714. The minimum Gasteiger partial charge on any atom is -0.478 e. The second-order valence-electron chi connectivity index (χ2n) is 4.09. The number of halogens is 1. The molecule has 2 aromatic rings. The fourth-order valence-corrected chi connectivity index (χ4v) is 1.74. The van der Waals surface area contributed by atoms with Crippen molar-refractivity contribution in [2.75, 3.05) is 5.32 Å². The van der Waals surface area contributed by atoms with E-state index in [9.17, 15) is 9.18 Å². The van der Waals surface area contributed by atoms with Gasteiger partial charge in [-0.15, -0.1) is 0 Å². The SMILES string of the molecule is Cc1cc(C(=O)O)cc(Nc2cccc(F)c2C#N)n1. The zero-order valence-electron chi connectivity index (χ0n) is 10.5. The van der Waals surface area contributed by atoms with E-state index in [1.165, 1.54) is 30.3 Å². The quantitative estimate of drug-likeness (QED) is 0.896. The number of aromatic nitrogens is 1. The van der Waals surface area contributed by atoms with Crippen molar-refractivity contribution in [3.63, 3.8) is 0 Å². The summed E-state index contributed by atoms with van der Waals surface area (Å²) >= 11 is 0. The number of pyridine rings is 1. The molecule has 100 valence electrons. The summed E-state index contributed by atoms with van der Waals surface area (Å²) < 4.78 is 13.5. The normalized spacial score (nSPS) is 9.85. The second-order valence-corrected chi connectivity index (χ2v) is 4.09. The van der Waals surface area contributed by atoms with Gasteiger partial charge in [-0.25, -0.2) is 14.2 Å². The number of nitrogens with zero attached hydrogens (tertiary/aromatic N) is 2. The van der Waals surface area contributed by atoms with E-state index in [0.717, 1.165) is 0 Å². The predicted octanol–water partition coefficient (Wildman–Crippen LogP) is 2.84. The molecule has 0 saturated heterocycles. The maximum atomic E-state index is 13.5. The Labute approximate surface area is 114 Å². The van der Waals surface area contributed by atoms with Crippen LogP contribution in [0.3, 0.4) is 0 Å². The van der Waals surface area contributed by atoms with E-state index in [-0.39, 0.29) is 22.6 Å². The number of aromatic carboxylic acids is 1. The number of nitriles is 1. The first-order valence-electron chi connectivity index (χ1n) is 5.69. The predicted molar refractivity (Wildman–Crippen MR) is 70.3 cm³/mol. The Hall–Kier alpha value is -2.94. The zero-order valence-corrected chi connectivity index (χ0v) is 10.5. The van der Waals surface area contributed by atoms with Gasteiger partial charge in [0.25, 0.3) is 0 Å². The topological polar surface area (TPSA) is 86.0 Å². The first-order chi connectivity index (χ1) is 9.51. The van der Waals surface area contributed by atoms with Crippen molar-refractivity contribution in [2.24, 2.45) is 0 Å². The smallest absolute Gasteiger partial charge is 0.335 e. The van der Waals surface area contributed by atoms with Crippen LogP contribution in [0.25, 0.3) is 0 Å². The summed E-state index contributed by atoms with van der Waals surface area (Å²) in [7, 11) is 0. The molecule has 2 N–H and O–H groups in total. The van der Waals surface area contributed by atoms with Gasteiger partial charge in [-0.3, -0.25) is 0 Å². The third-order valence-electron chi connectivity index (χ3n) is 2.59. The summed E-state index contributed by atoms with van der Waals surface area (Å²) in [5, 5.41) is 20.7. The standard InChI is InChI=1S/C14H10FN3O2/c1-8-5-9(14(19)20)6-13(17-8)18-12-4-2-3-11(15)10(12)7-16/h2-6H,1H3,(H,17,18)(H,19,20). The van der Waals surface area contributed by atoms with Crippen LogP contribution in [0.15, 0.2) is 30.3 Å². The molecule has 1 aromatic carbocycles. The average Bonchev–Trinajstić information content (AvgIpc) is 2.38. The van der Waals surface area contributed by atoms with E-state index < -0.39 is 11.8 Å². The van der Waals surface area contributed by atoms with Gasteiger partial charge in [-0.05, 0) is 31.2 Å². The van der Waals surface area contributed by atoms with Crippen LogP contribution >= 0.6 is 0 Å². The highest BCUT2D eigenvalue weighted by Gasteiger charge is 2.11. The highest BCUT2D eigenvalue weighted by Crippen LogP contribution is 2.22. The molecule has 20 heavy (non-hydrogen) atoms. The zero-order chi connectivity index (χ0) is 14.7. The van der Waals surface area contributed by atoms with E-state index in [1.54, 1.807) is 13.0 Å². The molecular weight excluding hydrogens is 261 g/mol. The summed E-state index contributed by atoms with van der Waals surface area (Å²) in [5.74, 6) is -1.49. The highest BCUT2D eigenvalue weighted by molar-refractivity contribution is 5.89. The van der Waals surface area contributed by atoms with Crippen LogP contribution in [-0.2, 0) is 0 Å². The second kappa shape index (κ2) is 5.36. The Morgan fingerprint density at radius 3 is 2.85 bits per heavy atom. The Balaban J connectivity index is 2.43. The number of carboxylic acid groups (broad SMARTS) is 1. The molecule has 0 aliphatic rings. The van der Waals surface area contributed by atoms with Crippen molar-refractivity contribution in [1.29, 1.82) is 5.26 Å². The largest absolute Gasteiger partial charge is 0.478 e. The molecule has 0 saturated carbocycles. The van der Waals surface area contributed by atoms with Crippen LogP contribution in [0.2, 0.25) is 0 Å². The maximum Gasteiger partial charge on any atom is 0.335 e. The van der Waals surface area contributed by atoms with E-state index in [2.05, 4.69) is 10.3 Å². The van der Waals surface area contributed by atoms with Gasteiger partial charge in [-0.1, -0.05) is 6.07 Å². The molecule has 0 bridgehead atoms. The number of anilines is 2. The summed E-state index contributed by atoms with van der Waals surface area (Å²) in [6.45, 7) is 1.65. The number of rotatable bonds is 3. The maximum absolute atomic E-state index is 13.5. The van der Waals surface area contributed by atoms with Gasteiger partial charge in [0, 0.05) is 5.69 Å². The molecule has 0 aliphatic carbocycles. The van der Waals surface area contributed by atoms with Crippen molar-refractivity contribution in [1.82, 2.24) is 4.98 Å². The summed E-state index contributed by atoms with van der Waals surface area (Å²) in [6, 6.07) is 8.64. The summed E-state index contributed by atoms with van der Waals surface area (Å²) in [4.78, 5) is 15.1. The average molecular weight is 271 g/mol. The molecule has 0 fully saturated rings. The molecule has 2 rings (SSSR count). The number of aryl methyl sites for hydroxylation is 1. The number of benzene rings is 1. The molecule has 0 atom stereocenters. The molecule has 6 heteroatoms. The van der Waals surface area contributed by atoms with Crippen molar-refractivity contribution in [3.05, 3.63) is 53.0 Å². The van der Waals surface area contributed by atoms with Crippen LogP contribution in [0.1, 0.15) is 21.6 Å². The highest BCUT2D eigenvalue weighted by atomic mass is 19.1. The Kier molecular flexibility index (Phi) is 3.62. The fourth-order valence-electron chi connectivity index (χ4n) is 1.74. The molecule has 1 heterocycles. The Morgan fingerprint density at radius 1 is 1.45 bits per heavy atom. The van der Waals surface area contributed by atoms with Crippen molar-refractivity contribution in [3.8, 4) is 6.07 Å². The molecule has 0 radical (unpaired) electrons. The van der Waals surface area contributed by atoms with Crippen molar-refractivity contribution < 1.29 is 14.3 Å². The van der Waals surface area contributed by atoms with Crippen LogP contribution in [-0.4, -0.2) is 16.1 Å². The lowest BCUT2D eigenvalue weighted by Crippen LogP contribution is -2.03. The van der Waals surface area contributed by atoms with E-state index in [0.29, 0.717) is 5.69 Å². The van der Waals surface area contributed by atoms with Crippen LogP contribution in [0.4, 0.5) is 15.9 Å². The Morgan fingerprint density at radius 2 is 2.20 bits per heavy atom. The van der Waals surface area contributed by atoms with Gasteiger partial charge in [-0.2, -0.15) is 5.26 Å². The molecule has 0 spiro atoms. The number of nitrogens with one attached hydrogen (secondary N) is 1. The van der Waals surface area contributed by atoms with Gasteiger partial charge in [0.1, 0.15) is 23.3 Å². The lowest BCUT2D eigenvalue weighted by molar-refractivity contribution is 0.0696. The number of hydrogen-bond acceptors (Lipinski definition) is 4. The van der Waals surface area contributed by atoms with Crippen molar-refractivity contribution >= 4 is 17.5 Å². The third kappa shape index (κ3) is 2.72. The number of carbonyl (C=O) groups is 1. The summed E-state index contributed by atoms with van der Waals surface area (Å²) in [6.07, 6.45) is 0. The first kappa shape index (κ1) is 13.5. The minimum atomic E-state index is -1.08. The lowest BCUT2D eigenvalue weighted by atomic mass is 10.1. The molecular formula is C14H10FN3O2. The van der Waals surface area contributed by atoms with Crippen LogP contribution in [0.5, 0.6) is 0 Å².